The molecule has 3 heterocycles. The van der Waals surface area contributed by atoms with E-state index in [0.29, 0.717) is 13.1 Å². The van der Waals surface area contributed by atoms with E-state index in [0.717, 1.165) is 61.2 Å². The van der Waals surface area contributed by atoms with E-state index in [1.54, 1.807) is 6.33 Å². The minimum Gasteiger partial charge on any atom is -0.348 e. The molecule has 1 aromatic heterocycles. The third-order valence-corrected chi connectivity index (χ3v) is 6.71. The number of hydrogen-bond donors (Lipinski definition) is 1. The first-order valence-corrected chi connectivity index (χ1v) is 10.3. The van der Waals surface area contributed by atoms with Crippen LogP contribution >= 0.6 is 0 Å². The maximum atomic E-state index is 13.1. The van der Waals surface area contributed by atoms with Crippen molar-refractivity contribution in [2.75, 3.05) is 19.6 Å². The largest absolute Gasteiger partial charge is 0.348 e. The monoisotopic (exact) mass is 378 g/mol. The van der Waals surface area contributed by atoms with Gasteiger partial charge in [0.25, 0.3) is 5.91 Å². The van der Waals surface area contributed by atoms with Crippen LogP contribution in [0.15, 0.2) is 30.6 Å². The normalized spacial score (nSPS) is 20.9. The van der Waals surface area contributed by atoms with Crippen molar-refractivity contribution < 1.29 is 9.59 Å². The van der Waals surface area contributed by atoms with E-state index in [-0.39, 0.29) is 23.3 Å². The highest BCUT2D eigenvalue weighted by molar-refractivity contribution is 5.95. The van der Waals surface area contributed by atoms with Crippen molar-refractivity contribution in [1.82, 2.24) is 19.8 Å². The Balaban J connectivity index is 1.42. The first-order chi connectivity index (χ1) is 13.6. The second-order valence-corrected chi connectivity index (χ2v) is 8.38. The first kappa shape index (κ1) is 17.5. The average Bonchev–Trinajstić information content (AvgIpc) is 3.45. The molecule has 1 saturated heterocycles. The molecule has 2 aliphatic heterocycles. The molecular formula is C22H26N4O2. The molecule has 2 aromatic rings. The van der Waals surface area contributed by atoms with Crippen LogP contribution in [0.2, 0.25) is 0 Å². The number of aromatic amines is 1. The number of aryl methyl sites for hydroxylation is 1. The Kier molecular flexibility index (Phi) is 4.03. The Hall–Kier alpha value is -2.63. The third-order valence-electron chi connectivity index (χ3n) is 6.71. The number of imidazole rings is 1. The van der Waals surface area contributed by atoms with Gasteiger partial charge in [0, 0.05) is 43.2 Å². The number of nitrogens with zero attached hydrogens (tertiary/aromatic N) is 3. The molecule has 5 rings (SSSR count). The van der Waals surface area contributed by atoms with E-state index in [1.165, 1.54) is 0 Å². The number of amides is 2. The standard InChI is InChI=1S/C22H26N4O2/c1-15-4-2-3-5-17(15)21(28)25-12-9-22(10-13-25)19-18(23-14-24-19)8-11-26(22)20(27)16-6-7-16/h2-5,14,16H,6-13H2,1H3,(H,23,24). The number of carbonyl (C=O) groups is 2. The highest BCUT2D eigenvalue weighted by Crippen LogP contribution is 2.45. The number of piperidine rings is 1. The fourth-order valence-electron chi connectivity index (χ4n) is 4.92. The molecular weight excluding hydrogens is 352 g/mol. The highest BCUT2D eigenvalue weighted by atomic mass is 16.2. The lowest BCUT2D eigenvalue weighted by molar-refractivity contribution is -0.143. The van der Waals surface area contributed by atoms with Crippen LogP contribution in [0.3, 0.4) is 0 Å². The number of fused-ring (bicyclic) bond motifs is 2. The molecule has 0 bridgehead atoms. The van der Waals surface area contributed by atoms with Gasteiger partial charge in [-0.15, -0.1) is 0 Å². The van der Waals surface area contributed by atoms with Crippen LogP contribution in [-0.2, 0) is 16.8 Å². The van der Waals surface area contributed by atoms with E-state index in [4.69, 9.17) is 0 Å². The molecule has 6 heteroatoms. The highest BCUT2D eigenvalue weighted by Gasteiger charge is 2.51. The lowest BCUT2D eigenvalue weighted by atomic mass is 9.78. The summed E-state index contributed by atoms with van der Waals surface area (Å²) in [6.07, 6.45) is 6.11. The van der Waals surface area contributed by atoms with Crippen molar-refractivity contribution >= 4 is 11.8 Å². The van der Waals surface area contributed by atoms with Crippen LogP contribution in [0.25, 0.3) is 0 Å². The van der Waals surface area contributed by atoms with E-state index in [9.17, 15) is 9.59 Å². The van der Waals surface area contributed by atoms with Gasteiger partial charge in [-0.05, 0) is 44.2 Å². The number of carbonyl (C=O) groups excluding carboxylic acids is 2. The summed E-state index contributed by atoms with van der Waals surface area (Å²) < 4.78 is 0. The minimum atomic E-state index is -0.365. The number of rotatable bonds is 2. The van der Waals surface area contributed by atoms with Crippen LogP contribution in [0.1, 0.15) is 53.0 Å². The number of aromatic nitrogens is 2. The van der Waals surface area contributed by atoms with Crippen LogP contribution in [-0.4, -0.2) is 51.2 Å². The lowest BCUT2D eigenvalue weighted by Crippen LogP contribution is -2.59. The van der Waals surface area contributed by atoms with Crippen LogP contribution in [0.4, 0.5) is 0 Å². The Bertz CT molecular complexity index is 922. The molecule has 6 nitrogen and oxygen atoms in total. The van der Waals surface area contributed by atoms with Gasteiger partial charge in [-0.3, -0.25) is 9.59 Å². The minimum absolute atomic E-state index is 0.0890. The number of hydrogen-bond acceptors (Lipinski definition) is 3. The molecule has 1 saturated carbocycles. The van der Waals surface area contributed by atoms with Gasteiger partial charge in [0.15, 0.2) is 0 Å². The second kappa shape index (κ2) is 6.47. The first-order valence-electron chi connectivity index (χ1n) is 10.3. The Morgan fingerprint density at radius 1 is 1.14 bits per heavy atom. The maximum Gasteiger partial charge on any atom is 0.254 e. The molecule has 2 amide bonds. The zero-order valence-corrected chi connectivity index (χ0v) is 16.3. The average molecular weight is 378 g/mol. The molecule has 1 aromatic carbocycles. The van der Waals surface area contributed by atoms with Gasteiger partial charge in [0.2, 0.25) is 5.91 Å². The molecule has 0 atom stereocenters. The molecule has 0 radical (unpaired) electrons. The van der Waals surface area contributed by atoms with Crippen molar-refractivity contribution in [2.24, 2.45) is 5.92 Å². The molecule has 0 unspecified atom stereocenters. The van der Waals surface area contributed by atoms with E-state index < -0.39 is 0 Å². The second-order valence-electron chi connectivity index (χ2n) is 8.38. The van der Waals surface area contributed by atoms with Gasteiger partial charge < -0.3 is 14.8 Å². The molecule has 3 aliphatic rings. The molecule has 1 spiro atoms. The fourth-order valence-corrected chi connectivity index (χ4v) is 4.92. The summed E-state index contributed by atoms with van der Waals surface area (Å²) in [6, 6.07) is 7.75. The number of likely N-dealkylation sites (tertiary alicyclic amines) is 1. The summed E-state index contributed by atoms with van der Waals surface area (Å²) >= 11 is 0. The van der Waals surface area contributed by atoms with Gasteiger partial charge >= 0.3 is 0 Å². The molecule has 1 N–H and O–H groups in total. The number of nitrogens with one attached hydrogen (secondary N) is 1. The Labute approximate surface area is 164 Å². The number of benzene rings is 1. The van der Waals surface area contributed by atoms with Crippen molar-refractivity contribution in [3.63, 3.8) is 0 Å². The lowest BCUT2D eigenvalue weighted by Gasteiger charge is -2.50. The summed E-state index contributed by atoms with van der Waals surface area (Å²) in [5.74, 6) is 0.572. The topological polar surface area (TPSA) is 69.3 Å². The van der Waals surface area contributed by atoms with Crippen LogP contribution in [0.5, 0.6) is 0 Å². The SMILES string of the molecule is Cc1ccccc1C(=O)N1CCC2(CC1)c1nc[nH]c1CCN2C(=O)C1CC1. The Morgan fingerprint density at radius 2 is 1.89 bits per heavy atom. The quantitative estimate of drug-likeness (QED) is 0.873. The summed E-state index contributed by atoms with van der Waals surface area (Å²) in [7, 11) is 0. The van der Waals surface area contributed by atoms with Crippen molar-refractivity contribution in [1.29, 1.82) is 0 Å². The summed E-state index contributed by atoms with van der Waals surface area (Å²) in [5, 5.41) is 0. The van der Waals surface area contributed by atoms with Gasteiger partial charge in [0.05, 0.1) is 17.6 Å². The molecule has 1 aliphatic carbocycles. The third kappa shape index (κ3) is 2.65. The molecule has 2 fully saturated rings. The van der Waals surface area contributed by atoms with Gasteiger partial charge in [0.1, 0.15) is 0 Å². The van der Waals surface area contributed by atoms with Gasteiger partial charge in [-0.2, -0.15) is 0 Å². The zero-order valence-electron chi connectivity index (χ0n) is 16.3. The molecule has 28 heavy (non-hydrogen) atoms. The van der Waals surface area contributed by atoms with Crippen molar-refractivity contribution in [2.45, 2.75) is 44.6 Å². The predicted molar refractivity (Wildman–Crippen MR) is 105 cm³/mol. The zero-order chi connectivity index (χ0) is 19.3. The van der Waals surface area contributed by atoms with Crippen LogP contribution < -0.4 is 0 Å². The fraction of sp³-hybridized carbons (Fsp3) is 0.500. The Morgan fingerprint density at radius 3 is 2.61 bits per heavy atom. The van der Waals surface area contributed by atoms with Gasteiger partial charge in [-0.25, -0.2) is 4.98 Å². The van der Waals surface area contributed by atoms with E-state index >= 15 is 0 Å². The number of H-pyrrole nitrogens is 1. The van der Waals surface area contributed by atoms with Crippen LogP contribution in [0, 0.1) is 12.8 Å². The summed E-state index contributed by atoms with van der Waals surface area (Å²) in [6.45, 7) is 4.02. The van der Waals surface area contributed by atoms with E-state index in [1.807, 2.05) is 36.1 Å². The summed E-state index contributed by atoms with van der Waals surface area (Å²) in [4.78, 5) is 38.0. The predicted octanol–water partition coefficient (Wildman–Crippen LogP) is 2.64. The van der Waals surface area contributed by atoms with Gasteiger partial charge in [-0.1, -0.05) is 18.2 Å². The maximum absolute atomic E-state index is 13.1. The molecule has 146 valence electrons. The smallest absolute Gasteiger partial charge is 0.254 e. The van der Waals surface area contributed by atoms with Crippen molar-refractivity contribution in [3.8, 4) is 0 Å². The van der Waals surface area contributed by atoms with Crippen molar-refractivity contribution in [3.05, 3.63) is 53.1 Å². The summed E-state index contributed by atoms with van der Waals surface area (Å²) in [5.41, 5.74) is 3.59. The van der Waals surface area contributed by atoms with E-state index in [2.05, 4.69) is 14.9 Å².